The normalized spacial score (nSPS) is 11.1. The zero-order chi connectivity index (χ0) is 23.6. The number of fused-ring (bicyclic) bond motifs is 1. The van der Waals surface area contributed by atoms with Gasteiger partial charge < -0.3 is 15.1 Å². The molecule has 0 unspecified atom stereocenters. The molecular formula is C19H22N6O7. The molecule has 0 radical (unpaired) electrons. The van der Waals surface area contributed by atoms with E-state index in [1.165, 1.54) is 16.7 Å². The van der Waals surface area contributed by atoms with E-state index in [1.807, 2.05) is 6.92 Å². The number of carbonyl (C=O) groups excluding carboxylic acids is 1. The van der Waals surface area contributed by atoms with E-state index < -0.39 is 34.4 Å². The first-order valence-corrected chi connectivity index (χ1v) is 9.90. The van der Waals surface area contributed by atoms with Crippen LogP contribution in [0.1, 0.15) is 26.7 Å². The number of H-pyrrole nitrogens is 1. The number of anilines is 2. The molecule has 1 amide bonds. The van der Waals surface area contributed by atoms with Crippen LogP contribution >= 0.6 is 0 Å². The number of nitro benzene ring substituents is 1. The number of nitrogens with one attached hydrogen (secondary N) is 1. The van der Waals surface area contributed by atoms with E-state index in [2.05, 4.69) is 4.98 Å². The van der Waals surface area contributed by atoms with E-state index in [9.17, 15) is 29.3 Å². The van der Waals surface area contributed by atoms with Crippen molar-refractivity contribution in [1.29, 1.82) is 0 Å². The standard InChI is InChI=1S/C19H22N6O7/c1-3-5-8-23-16(20)15(17(27)21-18(23)28)22(4-2)14(26)10-24-12-9-11(25(30)31)6-7-13(12)32-19(24)29/h6-7,9H,3-5,8,10,20H2,1-2H3,(H,21,27,28). The molecule has 0 atom stereocenters. The Kier molecular flexibility index (Phi) is 6.27. The average molecular weight is 446 g/mol. The highest BCUT2D eigenvalue weighted by atomic mass is 16.6. The lowest BCUT2D eigenvalue weighted by Crippen LogP contribution is -2.43. The van der Waals surface area contributed by atoms with Crippen LogP contribution in [0.5, 0.6) is 0 Å². The molecule has 0 fully saturated rings. The van der Waals surface area contributed by atoms with E-state index in [0.29, 0.717) is 6.42 Å². The number of hydrogen-bond acceptors (Lipinski definition) is 8. The van der Waals surface area contributed by atoms with Gasteiger partial charge in [-0.2, -0.15) is 0 Å². The van der Waals surface area contributed by atoms with Crippen molar-refractivity contribution in [1.82, 2.24) is 14.1 Å². The molecule has 3 rings (SSSR count). The summed E-state index contributed by atoms with van der Waals surface area (Å²) in [6, 6.07) is 3.56. The van der Waals surface area contributed by atoms with Gasteiger partial charge in [0.2, 0.25) is 5.91 Å². The minimum atomic E-state index is -0.889. The Morgan fingerprint density at radius 1 is 1.25 bits per heavy atom. The topological polar surface area (TPSA) is 179 Å². The molecule has 32 heavy (non-hydrogen) atoms. The fraction of sp³-hybridized carbons (Fsp3) is 0.368. The maximum atomic E-state index is 13.1. The summed E-state index contributed by atoms with van der Waals surface area (Å²) in [5.74, 6) is -1.75. The highest BCUT2D eigenvalue weighted by Crippen LogP contribution is 2.21. The monoisotopic (exact) mass is 446 g/mol. The molecule has 1 aromatic carbocycles. The van der Waals surface area contributed by atoms with Crippen LogP contribution in [0.15, 0.2) is 37.0 Å². The lowest BCUT2D eigenvalue weighted by Gasteiger charge is -2.23. The average Bonchev–Trinajstić information content (AvgIpc) is 3.05. The van der Waals surface area contributed by atoms with Crippen LogP contribution in [0, 0.1) is 10.1 Å². The van der Waals surface area contributed by atoms with Gasteiger partial charge in [-0.1, -0.05) is 13.3 Å². The van der Waals surface area contributed by atoms with Gasteiger partial charge in [-0.05, 0) is 19.4 Å². The molecule has 3 aromatic rings. The molecule has 0 aliphatic carbocycles. The molecule has 13 nitrogen and oxygen atoms in total. The fourth-order valence-corrected chi connectivity index (χ4v) is 3.37. The number of non-ortho nitro benzene ring substituents is 1. The molecule has 0 bridgehead atoms. The van der Waals surface area contributed by atoms with Gasteiger partial charge >= 0.3 is 11.4 Å². The molecular weight excluding hydrogens is 424 g/mol. The number of likely N-dealkylation sites (N-methyl/N-ethyl adjacent to an activating group) is 1. The molecule has 0 aliphatic heterocycles. The van der Waals surface area contributed by atoms with Crippen molar-refractivity contribution < 1.29 is 14.1 Å². The first-order valence-electron chi connectivity index (χ1n) is 9.90. The molecule has 0 spiro atoms. The number of amides is 1. The smallest absolute Gasteiger partial charge is 0.408 e. The maximum absolute atomic E-state index is 13.1. The molecule has 0 aliphatic rings. The Hall–Kier alpha value is -4.16. The number of hydrogen-bond donors (Lipinski definition) is 2. The third kappa shape index (κ3) is 4.04. The zero-order valence-electron chi connectivity index (χ0n) is 17.5. The van der Waals surface area contributed by atoms with Gasteiger partial charge in [0.1, 0.15) is 12.4 Å². The summed E-state index contributed by atoms with van der Waals surface area (Å²) in [5, 5.41) is 11.1. The van der Waals surface area contributed by atoms with E-state index >= 15 is 0 Å². The van der Waals surface area contributed by atoms with Crippen molar-refractivity contribution >= 4 is 34.2 Å². The summed E-state index contributed by atoms with van der Waals surface area (Å²) in [7, 11) is 0. The van der Waals surface area contributed by atoms with Crippen molar-refractivity contribution in [3.8, 4) is 0 Å². The summed E-state index contributed by atoms with van der Waals surface area (Å²) in [4.78, 5) is 63.6. The summed E-state index contributed by atoms with van der Waals surface area (Å²) in [6.45, 7) is 3.23. The van der Waals surface area contributed by atoms with Gasteiger partial charge in [0.25, 0.3) is 11.2 Å². The predicted molar refractivity (Wildman–Crippen MR) is 116 cm³/mol. The molecule has 3 N–H and O–H groups in total. The molecule has 2 aromatic heterocycles. The highest BCUT2D eigenvalue weighted by Gasteiger charge is 2.25. The summed E-state index contributed by atoms with van der Waals surface area (Å²) in [6.07, 6.45) is 1.41. The van der Waals surface area contributed by atoms with Gasteiger partial charge in [0.15, 0.2) is 11.3 Å². The van der Waals surface area contributed by atoms with Gasteiger partial charge in [-0.3, -0.25) is 33.8 Å². The second kappa shape index (κ2) is 8.91. The van der Waals surface area contributed by atoms with Crippen LogP contribution in [0.4, 0.5) is 17.2 Å². The van der Waals surface area contributed by atoms with Crippen molar-refractivity contribution in [2.24, 2.45) is 0 Å². The van der Waals surface area contributed by atoms with Gasteiger partial charge in [-0.25, -0.2) is 9.59 Å². The van der Waals surface area contributed by atoms with E-state index in [0.717, 1.165) is 22.0 Å². The maximum Gasteiger partial charge on any atom is 0.420 e. The summed E-state index contributed by atoms with van der Waals surface area (Å²) >= 11 is 0. The molecule has 170 valence electrons. The number of aromatic nitrogens is 3. The first-order chi connectivity index (χ1) is 15.2. The summed E-state index contributed by atoms with van der Waals surface area (Å²) < 4.78 is 7.17. The van der Waals surface area contributed by atoms with Crippen LogP contribution < -0.4 is 27.6 Å². The van der Waals surface area contributed by atoms with E-state index in [-0.39, 0.29) is 41.4 Å². The molecule has 0 saturated carbocycles. The number of nitrogens with zero attached hydrogens (tertiary/aromatic N) is 4. The summed E-state index contributed by atoms with van der Waals surface area (Å²) in [5.41, 5.74) is 4.19. The molecule has 2 heterocycles. The van der Waals surface area contributed by atoms with Gasteiger partial charge in [0, 0.05) is 25.2 Å². The first kappa shape index (κ1) is 22.5. The Morgan fingerprint density at radius 3 is 2.59 bits per heavy atom. The molecule has 0 saturated heterocycles. The van der Waals surface area contributed by atoms with Gasteiger partial charge in [0.05, 0.1) is 10.4 Å². The lowest BCUT2D eigenvalue weighted by atomic mass is 10.3. The zero-order valence-corrected chi connectivity index (χ0v) is 17.5. The second-order valence-electron chi connectivity index (χ2n) is 7.00. The SMILES string of the molecule is CCCCn1c(N)c(N(CC)C(=O)Cn2c(=O)oc3ccc([N+](=O)[O-])cc32)c(=O)[nH]c1=O. The number of nitro groups is 1. The quantitative estimate of drug-likeness (QED) is 0.376. The van der Waals surface area contributed by atoms with Crippen LogP contribution in [-0.2, 0) is 17.9 Å². The number of nitrogens with two attached hydrogens (primary N) is 1. The van der Waals surface area contributed by atoms with Crippen LogP contribution in [0.3, 0.4) is 0 Å². The number of unbranched alkanes of at least 4 members (excludes halogenated alkanes) is 1. The van der Waals surface area contributed by atoms with Crippen LogP contribution in [0.2, 0.25) is 0 Å². The molecule has 13 heteroatoms. The second-order valence-corrected chi connectivity index (χ2v) is 7.00. The lowest BCUT2D eigenvalue weighted by molar-refractivity contribution is -0.384. The predicted octanol–water partition coefficient (Wildman–Crippen LogP) is 0.788. The third-order valence-corrected chi connectivity index (χ3v) is 4.99. The minimum Gasteiger partial charge on any atom is -0.408 e. The third-order valence-electron chi connectivity index (χ3n) is 4.99. The number of aromatic amines is 1. The van der Waals surface area contributed by atoms with Gasteiger partial charge in [-0.15, -0.1) is 0 Å². The fourth-order valence-electron chi connectivity index (χ4n) is 3.37. The number of oxazole rings is 1. The van der Waals surface area contributed by atoms with Crippen LogP contribution in [-0.4, -0.2) is 31.5 Å². The number of carbonyl (C=O) groups is 1. The van der Waals surface area contributed by atoms with Crippen LogP contribution in [0.25, 0.3) is 11.1 Å². The Balaban J connectivity index is 2.05. The Bertz CT molecular complexity index is 1360. The largest absolute Gasteiger partial charge is 0.420 e. The van der Waals surface area contributed by atoms with Crippen molar-refractivity contribution in [2.75, 3.05) is 17.2 Å². The minimum absolute atomic E-state index is 0.0166. The number of nitrogen functional groups attached to an aromatic ring is 1. The highest BCUT2D eigenvalue weighted by molar-refractivity contribution is 5.96. The number of benzene rings is 1. The van der Waals surface area contributed by atoms with Crippen molar-refractivity contribution in [2.45, 2.75) is 39.8 Å². The van der Waals surface area contributed by atoms with Crippen molar-refractivity contribution in [3.05, 3.63) is 59.7 Å². The Labute approximate surface area is 179 Å². The number of rotatable bonds is 8. The van der Waals surface area contributed by atoms with E-state index in [1.54, 1.807) is 6.92 Å². The van der Waals surface area contributed by atoms with E-state index in [4.69, 9.17) is 10.2 Å². The Morgan fingerprint density at radius 2 is 1.97 bits per heavy atom. The van der Waals surface area contributed by atoms with Crippen molar-refractivity contribution in [3.63, 3.8) is 0 Å².